The maximum absolute atomic E-state index is 11.7. The normalized spacial score (nSPS) is 22.2. The number of esters is 1. The quantitative estimate of drug-likeness (QED) is 0.800. The average Bonchev–Trinajstić information content (AvgIpc) is 2.78. The summed E-state index contributed by atoms with van der Waals surface area (Å²) in [5.41, 5.74) is 0.787. The highest BCUT2D eigenvalue weighted by Gasteiger charge is 2.35. The zero-order valence-corrected chi connectivity index (χ0v) is 10.8. The number of aliphatic imine (C=N–C) groups is 1. The Kier molecular flexibility index (Phi) is 3.73. The summed E-state index contributed by atoms with van der Waals surface area (Å²) < 4.78 is 11.1. The first-order valence-electron chi connectivity index (χ1n) is 5.16. The van der Waals surface area contributed by atoms with E-state index in [1.54, 1.807) is 19.3 Å². The Hall–Kier alpha value is -1.43. The van der Waals surface area contributed by atoms with Gasteiger partial charge in [0.05, 0.1) is 6.61 Å². The van der Waals surface area contributed by atoms with Crippen LogP contribution in [-0.4, -0.2) is 30.0 Å². The topological polar surface area (TPSA) is 60.8 Å². The molecule has 0 saturated heterocycles. The van der Waals surface area contributed by atoms with Crippen LogP contribution in [0.1, 0.15) is 18.6 Å². The van der Waals surface area contributed by atoms with E-state index in [2.05, 4.69) is 25.9 Å². The molecule has 2 atom stereocenters. The third-order valence-corrected chi connectivity index (χ3v) is 2.73. The van der Waals surface area contributed by atoms with E-state index in [9.17, 15) is 4.79 Å². The maximum Gasteiger partial charge on any atom is 0.335 e. The van der Waals surface area contributed by atoms with E-state index in [-0.39, 0.29) is 5.97 Å². The fourth-order valence-corrected chi connectivity index (χ4v) is 1.96. The van der Waals surface area contributed by atoms with Gasteiger partial charge < -0.3 is 9.47 Å². The van der Waals surface area contributed by atoms with Crippen LogP contribution < -0.4 is 0 Å². The molecule has 0 saturated carbocycles. The average molecular weight is 299 g/mol. The molecule has 1 aromatic heterocycles. The highest BCUT2D eigenvalue weighted by atomic mass is 79.9. The molecule has 0 fully saturated rings. The molecule has 0 N–H and O–H groups in total. The van der Waals surface area contributed by atoms with Crippen LogP contribution in [0.2, 0.25) is 0 Å². The highest BCUT2D eigenvalue weighted by molar-refractivity contribution is 9.10. The smallest absolute Gasteiger partial charge is 0.335 e. The molecule has 1 aliphatic heterocycles. The number of hydrogen-bond donors (Lipinski definition) is 0. The number of carbonyl (C=O) groups excluding carboxylic acids is 1. The second-order valence-electron chi connectivity index (χ2n) is 3.44. The van der Waals surface area contributed by atoms with Crippen LogP contribution in [0.15, 0.2) is 27.9 Å². The molecule has 0 aromatic carbocycles. The van der Waals surface area contributed by atoms with E-state index in [4.69, 9.17) is 9.47 Å². The molecule has 0 radical (unpaired) electrons. The first kappa shape index (κ1) is 12.0. The van der Waals surface area contributed by atoms with E-state index >= 15 is 0 Å². The zero-order valence-electron chi connectivity index (χ0n) is 9.17. The first-order valence-corrected chi connectivity index (χ1v) is 5.96. The molecule has 0 unspecified atom stereocenters. The van der Waals surface area contributed by atoms with Crippen molar-refractivity contribution in [1.29, 1.82) is 0 Å². The summed E-state index contributed by atoms with van der Waals surface area (Å²) >= 11 is 3.32. The summed E-state index contributed by atoms with van der Waals surface area (Å²) in [5.74, 6) is -0.383. The number of nitrogens with zero attached hydrogens (tertiary/aromatic N) is 2. The Balaban J connectivity index is 2.18. The van der Waals surface area contributed by atoms with E-state index < -0.39 is 12.1 Å². The number of hydrogen-bond acceptors (Lipinski definition) is 5. The van der Waals surface area contributed by atoms with Crippen molar-refractivity contribution < 1.29 is 14.3 Å². The molecule has 0 bridgehead atoms. The lowest BCUT2D eigenvalue weighted by Crippen LogP contribution is -2.26. The number of rotatable bonds is 3. The largest absolute Gasteiger partial charge is 0.473 e. The van der Waals surface area contributed by atoms with Gasteiger partial charge in [0.25, 0.3) is 0 Å². The summed E-state index contributed by atoms with van der Waals surface area (Å²) in [6.07, 6.45) is 4.14. The molecule has 2 heterocycles. The molecule has 0 spiro atoms. The fraction of sp³-hybridized carbons (Fsp3) is 0.364. The number of pyridine rings is 1. The molecule has 5 nitrogen and oxygen atoms in total. The van der Waals surface area contributed by atoms with Crippen LogP contribution in [0.5, 0.6) is 0 Å². The molecular weight excluding hydrogens is 288 g/mol. The second kappa shape index (κ2) is 5.27. The minimum absolute atomic E-state index is 0.328. The Labute approximate surface area is 107 Å². The van der Waals surface area contributed by atoms with Crippen molar-refractivity contribution in [2.45, 2.75) is 19.1 Å². The van der Waals surface area contributed by atoms with Gasteiger partial charge in [0.15, 0.2) is 18.5 Å². The van der Waals surface area contributed by atoms with Gasteiger partial charge in [0.1, 0.15) is 0 Å². The third-order valence-electron chi connectivity index (χ3n) is 2.30. The molecule has 1 aromatic rings. The third kappa shape index (κ3) is 2.63. The van der Waals surface area contributed by atoms with Gasteiger partial charge in [0.2, 0.25) is 0 Å². The number of aromatic nitrogens is 1. The zero-order chi connectivity index (χ0) is 12.3. The van der Waals surface area contributed by atoms with Gasteiger partial charge in [-0.1, -0.05) is 0 Å². The minimum atomic E-state index is -0.647. The lowest BCUT2D eigenvalue weighted by molar-refractivity contribution is -0.146. The monoisotopic (exact) mass is 298 g/mol. The summed E-state index contributed by atoms with van der Waals surface area (Å²) in [4.78, 5) is 19.7. The van der Waals surface area contributed by atoms with Gasteiger partial charge in [-0.25, -0.2) is 9.79 Å². The lowest BCUT2D eigenvalue weighted by atomic mass is 10.1. The Morgan fingerprint density at radius 1 is 1.59 bits per heavy atom. The predicted molar refractivity (Wildman–Crippen MR) is 64.7 cm³/mol. The molecular formula is C11H11BrN2O3. The highest BCUT2D eigenvalue weighted by Crippen LogP contribution is 2.28. The van der Waals surface area contributed by atoms with Crippen molar-refractivity contribution in [3.8, 4) is 0 Å². The van der Waals surface area contributed by atoms with Gasteiger partial charge in [0, 0.05) is 22.4 Å². The summed E-state index contributed by atoms with van der Waals surface area (Å²) in [5, 5.41) is 0. The van der Waals surface area contributed by atoms with Crippen LogP contribution in [0, 0.1) is 0 Å². The van der Waals surface area contributed by atoms with Crippen LogP contribution in [0.4, 0.5) is 0 Å². The summed E-state index contributed by atoms with van der Waals surface area (Å²) in [6, 6.07) is 1.20. The predicted octanol–water partition coefficient (Wildman–Crippen LogP) is 1.88. The van der Waals surface area contributed by atoms with E-state index in [0.717, 1.165) is 10.0 Å². The molecule has 0 aliphatic carbocycles. The molecule has 17 heavy (non-hydrogen) atoms. The number of carbonyl (C=O) groups is 1. The van der Waals surface area contributed by atoms with Gasteiger partial charge in [-0.2, -0.15) is 0 Å². The summed E-state index contributed by atoms with van der Waals surface area (Å²) in [6.45, 7) is 2.08. The molecule has 90 valence electrons. The van der Waals surface area contributed by atoms with Crippen molar-refractivity contribution in [2.24, 2.45) is 4.99 Å². The molecule has 1 aliphatic rings. The first-order chi connectivity index (χ1) is 8.22. The van der Waals surface area contributed by atoms with Crippen LogP contribution in [0.3, 0.4) is 0 Å². The lowest BCUT2D eigenvalue weighted by Gasteiger charge is -2.16. The van der Waals surface area contributed by atoms with Crippen LogP contribution in [-0.2, 0) is 14.3 Å². The Morgan fingerprint density at radius 3 is 3.12 bits per heavy atom. The van der Waals surface area contributed by atoms with Crippen molar-refractivity contribution in [3.05, 3.63) is 28.5 Å². The number of ether oxygens (including phenoxy) is 2. The minimum Gasteiger partial charge on any atom is -0.473 e. The van der Waals surface area contributed by atoms with Gasteiger partial charge in [-0.15, -0.1) is 0 Å². The number of halogens is 1. The Bertz CT molecular complexity index is 450. The van der Waals surface area contributed by atoms with Crippen molar-refractivity contribution >= 4 is 28.3 Å². The standard InChI is InChI=1S/C11H11BrN2O3/c1-2-16-11(15)9-10(17-6-14-9)7-3-8(12)5-13-4-7/h3-6,9-10H,2H2,1H3/t9-,10+/m1/s1. The van der Waals surface area contributed by atoms with Crippen molar-refractivity contribution in [1.82, 2.24) is 4.98 Å². The van der Waals surface area contributed by atoms with E-state index in [1.807, 2.05) is 6.07 Å². The molecule has 0 amide bonds. The molecule has 2 rings (SSSR count). The summed E-state index contributed by atoms with van der Waals surface area (Å²) in [7, 11) is 0. The van der Waals surface area contributed by atoms with Gasteiger partial charge >= 0.3 is 5.97 Å². The SMILES string of the molecule is CCOC(=O)[C@@H]1N=CO[C@H]1c1cncc(Br)c1. The van der Waals surface area contributed by atoms with Crippen LogP contribution in [0.25, 0.3) is 0 Å². The Morgan fingerprint density at radius 2 is 2.41 bits per heavy atom. The van der Waals surface area contributed by atoms with Crippen molar-refractivity contribution in [3.63, 3.8) is 0 Å². The van der Waals surface area contributed by atoms with E-state index in [1.165, 1.54) is 6.40 Å². The fourth-order valence-electron chi connectivity index (χ4n) is 1.58. The second-order valence-corrected chi connectivity index (χ2v) is 4.36. The maximum atomic E-state index is 11.7. The van der Waals surface area contributed by atoms with Crippen LogP contribution >= 0.6 is 15.9 Å². The van der Waals surface area contributed by atoms with E-state index in [0.29, 0.717) is 6.61 Å². The van der Waals surface area contributed by atoms with Gasteiger partial charge in [-0.3, -0.25) is 4.98 Å². The van der Waals surface area contributed by atoms with Crippen molar-refractivity contribution in [2.75, 3.05) is 6.61 Å². The molecule has 6 heteroatoms. The van der Waals surface area contributed by atoms with Gasteiger partial charge in [-0.05, 0) is 28.9 Å².